The molecule has 0 aromatic carbocycles. The summed E-state index contributed by atoms with van der Waals surface area (Å²) in [6, 6.07) is -0.763. The molecule has 0 fully saturated rings. The van der Waals surface area contributed by atoms with E-state index in [2.05, 4.69) is 79.9 Å². The van der Waals surface area contributed by atoms with Gasteiger partial charge in [-0.3, -0.25) is 13.8 Å². The maximum atomic E-state index is 13.1. The van der Waals surface area contributed by atoms with E-state index < -0.39 is 20.0 Å². The van der Waals surface area contributed by atoms with Gasteiger partial charge in [0, 0.05) is 6.42 Å². The Labute approximate surface area is 485 Å². The summed E-state index contributed by atoms with van der Waals surface area (Å²) in [6.07, 6.45) is 81.6. The second-order valence-corrected chi connectivity index (χ2v) is 25.6. The number of unbranched alkanes of at least 4 members (excludes halogenated alkanes) is 39. The Morgan fingerprint density at radius 1 is 0.449 bits per heavy atom. The average Bonchev–Trinajstić information content (AvgIpc) is 3.41. The maximum absolute atomic E-state index is 13.1. The van der Waals surface area contributed by atoms with Crippen LogP contribution in [-0.2, 0) is 18.4 Å². The van der Waals surface area contributed by atoms with E-state index in [0.717, 1.165) is 70.6 Å². The predicted molar refractivity (Wildman–Crippen MR) is 341 cm³/mol. The maximum Gasteiger partial charge on any atom is 0.472 e. The fraction of sp³-hybridized carbons (Fsp3) is 0.841. The molecule has 3 atom stereocenters. The molecule has 0 rings (SSSR count). The van der Waals surface area contributed by atoms with Crippen molar-refractivity contribution in [2.24, 2.45) is 0 Å². The number of aliphatic hydroxyl groups is 1. The minimum absolute atomic E-state index is 0.0751. The van der Waals surface area contributed by atoms with Gasteiger partial charge in [0.1, 0.15) is 13.2 Å². The number of nitrogens with zero attached hydrogens (tertiary/aromatic N) is 1. The second kappa shape index (κ2) is 59.8. The second-order valence-electron chi connectivity index (χ2n) is 24.2. The smallest absolute Gasteiger partial charge is 0.391 e. The van der Waals surface area contributed by atoms with Gasteiger partial charge < -0.3 is 19.8 Å². The Morgan fingerprint density at radius 3 is 1.13 bits per heavy atom. The molecule has 0 saturated carbocycles. The average molecular weight is 1120 g/mol. The number of allylic oxidation sites excluding steroid dienone is 10. The van der Waals surface area contributed by atoms with Crippen LogP contribution in [0.2, 0.25) is 0 Å². The highest BCUT2D eigenvalue weighted by atomic mass is 31.2. The van der Waals surface area contributed by atoms with Gasteiger partial charge in [-0.1, -0.05) is 319 Å². The molecule has 0 spiro atoms. The van der Waals surface area contributed by atoms with Crippen molar-refractivity contribution in [2.45, 2.75) is 334 Å². The number of amides is 1. The van der Waals surface area contributed by atoms with E-state index in [-0.39, 0.29) is 19.1 Å². The van der Waals surface area contributed by atoms with Crippen LogP contribution in [-0.4, -0.2) is 73.4 Å². The number of carbonyl (C=O) groups is 1. The number of aliphatic hydroxyl groups excluding tert-OH is 1. The van der Waals surface area contributed by atoms with Gasteiger partial charge in [0.2, 0.25) is 5.91 Å². The van der Waals surface area contributed by atoms with Crippen LogP contribution in [0.4, 0.5) is 0 Å². The third-order valence-corrected chi connectivity index (χ3v) is 16.3. The molecule has 0 radical (unpaired) electrons. The number of phosphoric ester groups is 1. The molecule has 78 heavy (non-hydrogen) atoms. The third-order valence-electron chi connectivity index (χ3n) is 15.3. The van der Waals surface area contributed by atoms with Crippen LogP contribution in [0.15, 0.2) is 60.8 Å². The number of carbonyl (C=O) groups excluding carboxylic acids is 1. The Balaban J connectivity index is 4.03. The summed E-state index contributed by atoms with van der Waals surface area (Å²) in [5, 5.41) is 14.1. The first-order valence-corrected chi connectivity index (χ1v) is 35.1. The minimum atomic E-state index is -4.33. The van der Waals surface area contributed by atoms with Crippen LogP contribution < -0.4 is 5.32 Å². The summed E-state index contributed by atoms with van der Waals surface area (Å²) in [4.78, 5) is 23.4. The molecule has 0 aromatic heterocycles. The van der Waals surface area contributed by atoms with Gasteiger partial charge in [-0.25, -0.2) is 4.57 Å². The fourth-order valence-corrected chi connectivity index (χ4v) is 10.8. The number of likely N-dealkylation sites (N-methyl/N-ethyl adjacent to an activating group) is 1. The molecule has 0 bridgehead atoms. The summed E-state index contributed by atoms with van der Waals surface area (Å²) in [7, 11) is 1.63. The number of rotatable bonds is 62. The molecule has 1 amide bonds. The Hall–Kier alpha value is -1.80. The van der Waals surface area contributed by atoms with Crippen molar-refractivity contribution < 1.29 is 32.9 Å². The van der Waals surface area contributed by atoms with E-state index >= 15 is 0 Å². The molecule has 3 unspecified atom stereocenters. The summed E-state index contributed by atoms with van der Waals surface area (Å²) in [5.74, 6) is -0.140. The van der Waals surface area contributed by atoms with Crippen molar-refractivity contribution in [3.63, 3.8) is 0 Å². The monoisotopic (exact) mass is 1120 g/mol. The molecule has 0 aromatic rings. The van der Waals surface area contributed by atoms with Crippen molar-refractivity contribution in [3.05, 3.63) is 60.8 Å². The van der Waals surface area contributed by atoms with Crippen molar-refractivity contribution in [1.82, 2.24) is 5.32 Å². The van der Waals surface area contributed by atoms with Crippen molar-refractivity contribution in [1.29, 1.82) is 0 Å². The lowest BCUT2D eigenvalue weighted by molar-refractivity contribution is -0.870. The van der Waals surface area contributed by atoms with Gasteiger partial charge in [-0.05, 0) is 57.8 Å². The number of quaternary nitrogens is 1. The zero-order chi connectivity index (χ0) is 57.0. The summed E-state index contributed by atoms with van der Waals surface area (Å²) >= 11 is 0. The first kappa shape index (κ1) is 76.2. The lowest BCUT2D eigenvalue weighted by Gasteiger charge is -2.26. The summed E-state index contributed by atoms with van der Waals surface area (Å²) in [5.41, 5.74) is 0. The van der Waals surface area contributed by atoms with Crippen LogP contribution in [0.3, 0.4) is 0 Å². The van der Waals surface area contributed by atoms with Crippen LogP contribution in [0, 0.1) is 0 Å². The number of nitrogens with one attached hydrogen (secondary N) is 1. The molecule has 0 saturated heterocycles. The summed E-state index contributed by atoms with van der Waals surface area (Å²) in [6.45, 7) is 4.82. The van der Waals surface area contributed by atoms with Gasteiger partial charge in [0.25, 0.3) is 0 Å². The molecule has 0 aliphatic rings. The van der Waals surface area contributed by atoms with Crippen LogP contribution >= 0.6 is 7.82 Å². The van der Waals surface area contributed by atoms with Gasteiger partial charge >= 0.3 is 7.82 Å². The van der Waals surface area contributed by atoms with Crippen molar-refractivity contribution in [2.75, 3.05) is 40.9 Å². The molecular weight excluding hydrogens is 984 g/mol. The largest absolute Gasteiger partial charge is 0.472 e. The van der Waals surface area contributed by atoms with E-state index in [1.807, 2.05) is 21.1 Å². The van der Waals surface area contributed by atoms with Crippen molar-refractivity contribution >= 4 is 13.7 Å². The first-order chi connectivity index (χ1) is 38.0. The predicted octanol–water partition coefficient (Wildman–Crippen LogP) is 21.2. The van der Waals surface area contributed by atoms with E-state index in [9.17, 15) is 19.4 Å². The molecule has 0 aliphatic carbocycles. The molecule has 458 valence electrons. The first-order valence-electron chi connectivity index (χ1n) is 33.7. The topological polar surface area (TPSA) is 105 Å². The SMILES string of the molecule is CC/C=C\C/C=C\C/C=C\C/C=C\C/C=C\CCCCCCCCCCCCCCCCCCCC(=O)NC(COP(=O)(O)OCC[N+](C)(C)C)C(O)CCCCCCCCCCCCCCCCCCCCCCCCC. The van der Waals surface area contributed by atoms with E-state index in [0.29, 0.717) is 23.9 Å². The van der Waals surface area contributed by atoms with Gasteiger partial charge in [0.15, 0.2) is 0 Å². The zero-order valence-electron chi connectivity index (χ0n) is 52.4. The molecule has 3 N–H and O–H groups in total. The Bertz CT molecular complexity index is 1450. The lowest BCUT2D eigenvalue weighted by atomic mass is 10.0. The minimum Gasteiger partial charge on any atom is -0.391 e. The molecule has 8 nitrogen and oxygen atoms in total. The Kier molecular flexibility index (Phi) is 58.4. The van der Waals surface area contributed by atoms with Gasteiger partial charge in [-0.2, -0.15) is 0 Å². The third kappa shape index (κ3) is 61.8. The number of hydrogen-bond acceptors (Lipinski definition) is 5. The molecule has 0 aliphatic heterocycles. The zero-order valence-corrected chi connectivity index (χ0v) is 53.3. The van der Waals surface area contributed by atoms with E-state index in [4.69, 9.17) is 9.05 Å². The van der Waals surface area contributed by atoms with Crippen LogP contribution in [0.5, 0.6) is 0 Å². The van der Waals surface area contributed by atoms with Crippen molar-refractivity contribution in [3.8, 4) is 0 Å². The molecule has 9 heteroatoms. The van der Waals surface area contributed by atoms with E-state index in [1.54, 1.807) is 0 Å². The summed E-state index contributed by atoms with van der Waals surface area (Å²) < 4.78 is 23.9. The Morgan fingerprint density at radius 2 is 0.769 bits per heavy atom. The molecule has 0 heterocycles. The highest BCUT2D eigenvalue weighted by Crippen LogP contribution is 2.43. The van der Waals surface area contributed by atoms with Gasteiger partial charge in [-0.15, -0.1) is 0 Å². The normalized spacial score (nSPS) is 14.1. The quantitative estimate of drug-likeness (QED) is 0.0243. The highest BCUT2D eigenvalue weighted by molar-refractivity contribution is 7.47. The number of phosphoric acid groups is 1. The fourth-order valence-electron chi connectivity index (χ4n) is 10.1. The lowest BCUT2D eigenvalue weighted by Crippen LogP contribution is -2.46. The standard InChI is InChI=1S/C69H131N2O6P/c1-6-8-10-12-14-16-18-20-22-24-26-28-30-31-32-33-34-35-36-37-38-39-41-43-45-47-49-51-53-55-57-59-61-63-69(73)70-67(66-77-78(74,75)76-65-64-71(3,4)5)68(72)62-60-58-56-54-52-50-48-46-44-42-40-29-27-25-23-21-19-17-15-13-11-9-7-2/h8,10,14,16,20,22,26,28,31-32,67-68,72H,6-7,9,11-13,15,17-19,21,23-25,27,29-30,33-66H2,1-5H3,(H-,70,73,74,75)/p+1/b10-8-,16-14-,22-20-,28-26-,32-31-. The highest BCUT2D eigenvalue weighted by Gasteiger charge is 2.28. The molecular formula is C69H132N2O6P+. The van der Waals surface area contributed by atoms with Crippen LogP contribution in [0.1, 0.15) is 322 Å². The van der Waals surface area contributed by atoms with Gasteiger partial charge in [0.05, 0.1) is 39.9 Å². The van der Waals surface area contributed by atoms with Crippen LogP contribution in [0.25, 0.3) is 0 Å². The number of hydrogen-bond donors (Lipinski definition) is 3. The van der Waals surface area contributed by atoms with E-state index in [1.165, 1.54) is 225 Å².